The van der Waals surface area contributed by atoms with Gasteiger partial charge in [0.2, 0.25) is 0 Å². The summed E-state index contributed by atoms with van der Waals surface area (Å²) in [7, 11) is -2.02. The Morgan fingerprint density at radius 1 is 1.11 bits per heavy atom. The van der Waals surface area contributed by atoms with Gasteiger partial charge in [-0.2, -0.15) is 0 Å². The van der Waals surface area contributed by atoms with Crippen LogP contribution in [-0.4, -0.2) is 58.4 Å². The number of hydrogen-bond donors (Lipinski definition) is 2. The normalized spacial score (nSPS) is 12.7. The number of aromatic amines is 1. The summed E-state index contributed by atoms with van der Waals surface area (Å²) in [6.07, 6.45) is 4.36. The van der Waals surface area contributed by atoms with E-state index in [0.29, 0.717) is 41.0 Å². The molecule has 0 unspecified atom stereocenters. The molecule has 0 fully saturated rings. The summed E-state index contributed by atoms with van der Waals surface area (Å²) in [4.78, 5) is 51.2. The van der Waals surface area contributed by atoms with Crippen molar-refractivity contribution < 1.29 is 27.9 Å². The molecular formula is C29H36N6O9S. The lowest BCUT2D eigenvalue weighted by Crippen LogP contribution is -2.21. The molecule has 45 heavy (non-hydrogen) atoms. The van der Waals surface area contributed by atoms with Crippen LogP contribution in [0.15, 0.2) is 39.2 Å². The van der Waals surface area contributed by atoms with Gasteiger partial charge < -0.3 is 15.3 Å². The highest BCUT2D eigenvalue weighted by Gasteiger charge is 2.30. The fourth-order valence-electron chi connectivity index (χ4n) is 4.95. The van der Waals surface area contributed by atoms with Crippen LogP contribution in [0.25, 0.3) is 0 Å². The quantitative estimate of drug-likeness (QED) is 0.179. The predicted molar refractivity (Wildman–Crippen MR) is 168 cm³/mol. The van der Waals surface area contributed by atoms with Gasteiger partial charge in [0.25, 0.3) is 11.2 Å². The summed E-state index contributed by atoms with van der Waals surface area (Å²) in [5.41, 5.74) is 1.68. The van der Waals surface area contributed by atoms with Crippen LogP contribution >= 0.6 is 0 Å². The van der Waals surface area contributed by atoms with E-state index in [-0.39, 0.29) is 39.1 Å². The lowest BCUT2D eigenvalue weighted by molar-refractivity contribution is -0.392. The molecule has 0 bridgehead atoms. The summed E-state index contributed by atoms with van der Waals surface area (Å²) < 4.78 is 25.5. The number of carbonyl (C=O) groups is 1. The number of anilines is 1. The Kier molecular flexibility index (Phi) is 10.6. The largest absolute Gasteiger partial charge is 0.395 e. The van der Waals surface area contributed by atoms with Crippen molar-refractivity contribution in [1.82, 2.24) is 9.78 Å². The minimum absolute atomic E-state index is 0.00623. The van der Waals surface area contributed by atoms with Crippen molar-refractivity contribution in [3.63, 3.8) is 0 Å². The SMILES string of the molecule is CCC(CC)Nc1c([N+](=O)[O-])cc(C)c(C)c1[N+](=O)[O-].Cc1c(C(=O)c2c[nH]n(C)c2=O)ccc(S(C)(=O)=O)c1C1=NOCC1. The fraction of sp³-hybridized carbons (Fsp3) is 0.414. The van der Waals surface area contributed by atoms with E-state index in [1.807, 2.05) is 13.8 Å². The number of oxime groups is 1. The van der Waals surface area contributed by atoms with E-state index in [4.69, 9.17) is 4.84 Å². The van der Waals surface area contributed by atoms with Gasteiger partial charge in [0.05, 0.1) is 20.5 Å². The third-order valence-electron chi connectivity index (χ3n) is 7.65. The zero-order valence-electron chi connectivity index (χ0n) is 26.1. The van der Waals surface area contributed by atoms with E-state index < -0.39 is 31.0 Å². The Labute approximate surface area is 259 Å². The summed E-state index contributed by atoms with van der Waals surface area (Å²) in [6, 6.07) is 4.16. The van der Waals surface area contributed by atoms with E-state index in [0.717, 1.165) is 19.1 Å². The van der Waals surface area contributed by atoms with Crippen molar-refractivity contribution in [2.45, 2.75) is 64.8 Å². The van der Waals surface area contributed by atoms with Crippen molar-refractivity contribution in [1.29, 1.82) is 0 Å². The maximum Gasteiger partial charge on any atom is 0.302 e. The van der Waals surface area contributed by atoms with Gasteiger partial charge in [-0.1, -0.05) is 19.0 Å². The minimum Gasteiger partial charge on any atom is -0.395 e. The maximum atomic E-state index is 12.8. The molecule has 0 aliphatic carbocycles. The zero-order chi connectivity index (χ0) is 33.8. The number of nitrogens with zero attached hydrogens (tertiary/aromatic N) is 4. The molecule has 2 N–H and O–H groups in total. The molecule has 0 radical (unpaired) electrons. The van der Waals surface area contributed by atoms with E-state index in [2.05, 4.69) is 15.6 Å². The maximum absolute atomic E-state index is 12.8. The number of ketones is 1. The van der Waals surface area contributed by atoms with Crippen LogP contribution in [0.3, 0.4) is 0 Å². The van der Waals surface area contributed by atoms with Crippen LogP contribution in [-0.2, 0) is 21.7 Å². The number of nitro groups is 2. The molecule has 0 atom stereocenters. The van der Waals surface area contributed by atoms with Gasteiger partial charge in [-0.15, -0.1) is 0 Å². The number of aryl methyl sites for hydroxylation is 2. The zero-order valence-corrected chi connectivity index (χ0v) is 26.9. The molecule has 1 aromatic heterocycles. The van der Waals surface area contributed by atoms with Gasteiger partial charge in [0.15, 0.2) is 21.3 Å². The third kappa shape index (κ3) is 7.28. The topological polar surface area (TPSA) is 209 Å². The van der Waals surface area contributed by atoms with Crippen LogP contribution < -0.4 is 10.9 Å². The van der Waals surface area contributed by atoms with Crippen molar-refractivity contribution in [3.05, 3.63) is 88.4 Å². The first-order chi connectivity index (χ1) is 21.0. The highest BCUT2D eigenvalue weighted by Crippen LogP contribution is 2.39. The number of nitrogens with one attached hydrogen (secondary N) is 2. The summed E-state index contributed by atoms with van der Waals surface area (Å²) in [6.45, 7) is 9.11. The lowest BCUT2D eigenvalue weighted by atomic mass is 9.93. The average Bonchev–Trinajstić information content (AvgIpc) is 3.62. The number of nitro benzene ring substituents is 2. The molecule has 0 saturated carbocycles. The molecule has 0 saturated heterocycles. The van der Waals surface area contributed by atoms with Gasteiger partial charge in [0.1, 0.15) is 12.2 Å². The second-order valence-electron chi connectivity index (χ2n) is 10.6. The first-order valence-corrected chi connectivity index (χ1v) is 16.0. The predicted octanol–water partition coefficient (Wildman–Crippen LogP) is 4.50. The number of sulfone groups is 1. The third-order valence-corrected chi connectivity index (χ3v) is 8.79. The van der Waals surface area contributed by atoms with E-state index in [1.165, 1.54) is 36.1 Å². The molecule has 1 aliphatic heterocycles. The van der Waals surface area contributed by atoms with Crippen LogP contribution in [0.2, 0.25) is 0 Å². The number of rotatable bonds is 10. The van der Waals surface area contributed by atoms with Crippen molar-refractivity contribution in [2.24, 2.45) is 12.2 Å². The number of H-pyrrole nitrogens is 1. The van der Waals surface area contributed by atoms with E-state index in [1.54, 1.807) is 20.8 Å². The molecule has 16 heteroatoms. The van der Waals surface area contributed by atoms with Crippen LogP contribution in [0.4, 0.5) is 17.1 Å². The molecule has 1 aliphatic rings. The molecule has 2 aromatic carbocycles. The lowest BCUT2D eigenvalue weighted by Gasteiger charge is -2.17. The summed E-state index contributed by atoms with van der Waals surface area (Å²) in [5, 5.41) is 32.0. The van der Waals surface area contributed by atoms with E-state index in [9.17, 15) is 38.2 Å². The second kappa shape index (κ2) is 13.8. The van der Waals surface area contributed by atoms with E-state index >= 15 is 0 Å². The molecule has 2 heterocycles. The second-order valence-corrected chi connectivity index (χ2v) is 12.6. The molecule has 0 spiro atoms. The van der Waals surface area contributed by atoms with Crippen LogP contribution in [0, 0.1) is 41.0 Å². The molecule has 3 aromatic rings. The Hall–Kier alpha value is -4.86. The smallest absolute Gasteiger partial charge is 0.302 e. The van der Waals surface area contributed by atoms with Crippen molar-refractivity contribution in [3.8, 4) is 0 Å². The fourth-order valence-corrected chi connectivity index (χ4v) is 5.90. The Bertz CT molecular complexity index is 1850. The van der Waals surface area contributed by atoms with Gasteiger partial charge in [0, 0.05) is 54.7 Å². The summed E-state index contributed by atoms with van der Waals surface area (Å²) >= 11 is 0. The number of hydrogen-bond acceptors (Lipinski definition) is 11. The molecular weight excluding hydrogens is 608 g/mol. The Balaban J connectivity index is 0.000000253. The van der Waals surface area contributed by atoms with Gasteiger partial charge in [-0.25, -0.2) is 8.42 Å². The Morgan fingerprint density at radius 2 is 1.76 bits per heavy atom. The number of aromatic nitrogens is 2. The first kappa shape index (κ1) is 34.6. The monoisotopic (exact) mass is 644 g/mol. The highest BCUT2D eigenvalue weighted by molar-refractivity contribution is 7.90. The van der Waals surface area contributed by atoms with Gasteiger partial charge in [-0.3, -0.25) is 34.5 Å². The minimum atomic E-state index is -3.52. The van der Waals surface area contributed by atoms with Crippen molar-refractivity contribution in [2.75, 3.05) is 18.2 Å². The van der Waals surface area contributed by atoms with Crippen LogP contribution in [0.1, 0.15) is 71.3 Å². The molecule has 0 amide bonds. The first-order valence-electron chi connectivity index (χ1n) is 14.1. The summed E-state index contributed by atoms with van der Waals surface area (Å²) in [5.74, 6) is -0.472. The highest BCUT2D eigenvalue weighted by atomic mass is 32.2. The standard InChI is InChI=1S/C16H17N3O5S.C13H19N3O4/c1-9-10(15(20)11-8-17-19(2)16(11)21)4-5-13(25(3,22)23)14(9)12-6-7-24-18-12;1-5-10(6-2)14-12-11(15(17)18)7-8(3)9(4)13(12)16(19)20/h4-5,8,17H,6-7H2,1-3H3;7,10,14H,5-6H2,1-4H3. The Morgan fingerprint density at radius 3 is 2.22 bits per heavy atom. The molecule has 242 valence electrons. The number of carbonyl (C=O) groups excluding carboxylic acids is 1. The van der Waals surface area contributed by atoms with Gasteiger partial charge >= 0.3 is 5.69 Å². The number of benzene rings is 2. The average molecular weight is 645 g/mol. The van der Waals surface area contributed by atoms with Crippen molar-refractivity contribution >= 4 is 38.4 Å². The van der Waals surface area contributed by atoms with Gasteiger partial charge in [-0.05, 0) is 56.9 Å². The molecule has 4 rings (SSSR count). The van der Waals surface area contributed by atoms with Crippen LogP contribution in [0.5, 0.6) is 0 Å². The molecule has 15 nitrogen and oxygen atoms in total.